The summed E-state index contributed by atoms with van der Waals surface area (Å²) >= 11 is 0. The Balaban J connectivity index is 5.03. The lowest BCUT2D eigenvalue weighted by molar-refractivity contribution is -0.468. The summed E-state index contributed by atoms with van der Waals surface area (Å²) in [6.45, 7) is -0.395. The van der Waals surface area contributed by atoms with Gasteiger partial charge in [-0.2, -0.15) is 39.5 Å². The average molecular weight is 250 g/mol. The molecule has 0 aromatic carbocycles. The van der Waals surface area contributed by atoms with Crippen molar-refractivity contribution in [2.24, 2.45) is 0 Å². The van der Waals surface area contributed by atoms with Crippen molar-refractivity contribution in [3.8, 4) is 0 Å². The molecule has 0 amide bonds. The van der Waals surface area contributed by atoms with E-state index < -0.39 is 31.2 Å². The Morgan fingerprint density at radius 2 is 1.07 bits per heavy atom. The van der Waals surface area contributed by atoms with E-state index in [4.69, 9.17) is 0 Å². The van der Waals surface area contributed by atoms with E-state index in [2.05, 4.69) is 4.74 Å². The Bertz CT molecular complexity index is 224. The van der Waals surface area contributed by atoms with Crippen molar-refractivity contribution in [1.82, 2.24) is 0 Å². The molecule has 0 heterocycles. The maximum atomic E-state index is 12.0. The third kappa shape index (κ3) is 3.14. The van der Waals surface area contributed by atoms with Gasteiger partial charge in [-0.3, -0.25) is 4.74 Å². The highest BCUT2D eigenvalue weighted by Gasteiger charge is 2.76. The molecule has 0 aromatic rings. The molecule has 0 saturated carbocycles. The number of halogens is 9. The van der Waals surface area contributed by atoms with Gasteiger partial charge in [0, 0.05) is 6.92 Å². The van der Waals surface area contributed by atoms with Gasteiger partial charge in [0.15, 0.2) is 0 Å². The van der Waals surface area contributed by atoms with Crippen LogP contribution in [0.1, 0.15) is 6.92 Å². The maximum absolute atomic E-state index is 12.0. The fraction of sp³-hybridized carbons (Fsp3) is 1.00. The van der Waals surface area contributed by atoms with Gasteiger partial charge in [-0.25, -0.2) is 0 Å². The van der Waals surface area contributed by atoms with E-state index in [9.17, 15) is 39.5 Å². The summed E-state index contributed by atoms with van der Waals surface area (Å²) in [5.74, 6) is -6.70. The summed E-state index contributed by atoms with van der Waals surface area (Å²) < 4.78 is 107. The second-order valence-corrected chi connectivity index (χ2v) is 2.50. The fourth-order valence-electron chi connectivity index (χ4n) is 0.454. The van der Waals surface area contributed by atoms with Crippen molar-refractivity contribution in [2.45, 2.75) is 31.2 Å². The molecule has 0 radical (unpaired) electrons. The molecule has 0 aromatic heterocycles. The van der Waals surface area contributed by atoms with Gasteiger partial charge >= 0.3 is 24.3 Å². The van der Waals surface area contributed by atoms with Crippen LogP contribution in [0, 0.1) is 0 Å². The van der Waals surface area contributed by atoms with Crippen molar-refractivity contribution < 1.29 is 44.3 Å². The van der Waals surface area contributed by atoms with E-state index in [1.807, 2.05) is 0 Å². The number of alkyl halides is 9. The van der Waals surface area contributed by atoms with Crippen LogP contribution in [0.25, 0.3) is 0 Å². The molecule has 10 heteroatoms. The van der Waals surface area contributed by atoms with Gasteiger partial charge in [-0.15, -0.1) is 0 Å². The van der Waals surface area contributed by atoms with Gasteiger partial charge in [0.25, 0.3) is 0 Å². The molecule has 1 nitrogen and oxygen atoms in total. The van der Waals surface area contributed by atoms with Crippen molar-refractivity contribution in [3.05, 3.63) is 0 Å². The lowest BCUT2D eigenvalue weighted by Crippen LogP contribution is -2.55. The van der Waals surface area contributed by atoms with Crippen LogP contribution >= 0.6 is 0 Å². The number of ether oxygens (including phenoxy) is 1. The van der Waals surface area contributed by atoms with E-state index in [1.54, 1.807) is 0 Å². The molecule has 0 aliphatic rings. The summed E-state index contributed by atoms with van der Waals surface area (Å²) in [7, 11) is 0. The maximum Gasteiger partial charge on any atom is 0.462 e. The van der Waals surface area contributed by atoms with Crippen molar-refractivity contribution >= 4 is 0 Å². The molecule has 0 bridgehead atoms. The van der Waals surface area contributed by atoms with E-state index in [1.165, 1.54) is 0 Å². The minimum Gasteiger partial charge on any atom is -0.250 e. The van der Waals surface area contributed by atoms with Crippen LogP contribution in [0.5, 0.6) is 0 Å². The van der Waals surface area contributed by atoms with E-state index in [0.29, 0.717) is 0 Å². The minimum absolute atomic E-state index is 0.395. The van der Waals surface area contributed by atoms with Gasteiger partial charge in [0.05, 0.1) is 0 Å². The molecule has 0 rings (SSSR count). The van der Waals surface area contributed by atoms with E-state index in [0.717, 1.165) is 0 Å². The smallest absolute Gasteiger partial charge is 0.250 e. The Morgan fingerprint density at radius 1 is 0.733 bits per heavy atom. The lowest BCUT2D eigenvalue weighted by Gasteiger charge is -2.29. The van der Waals surface area contributed by atoms with Gasteiger partial charge in [-0.1, -0.05) is 0 Å². The first-order chi connectivity index (χ1) is 6.21. The quantitative estimate of drug-likeness (QED) is 0.697. The third-order valence-electron chi connectivity index (χ3n) is 1.03. The zero-order valence-electron chi connectivity index (χ0n) is 6.81. The second kappa shape index (κ2) is 3.42. The van der Waals surface area contributed by atoms with Crippen LogP contribution < -0.4 is 0 Å². The topological polar surface area (TPSA) is 9.23 Å². The number of rotatable bonds is 3. The van der Waals surface area contributed by atoms with Gasteiger partial charge in [0.1, 0.15) is 0 Å². The SMILES string of the molecule is CC(F)(F)OC(F)(F)C(F)(F)C(F)(F)F. The molecular weight excluding hydrogens is 247 g/mol. The first-order valence-corrected chi connectivity index (χ1v) is 3.11. The minimum atomic E-state index is -6.70. The van der Waals surface area contributed by atoms with Crippen LogP contribution in [-0.2, 0) is 4.74 Å². The summed E-state index contributed by atoms with van der Waals surface area (Å²) in [5, 5.41) is 0. The normalized spacial score (nSPS) is 15.6. The number of hydrogen-bond acceptors (Lipinski definition) is 1. The molecule has 0 unspecified atom stereocenters. The Hall–Kier alpha value is -0.670. The largest absolute Gasteiger partial charge is 0.462 e. The van der Waals surface area contributed by atoms with Crippen LogP contribution in [0.15, 0.2) is 0 Å². The first kappa shape index (κ1) is 14.3. The van der Waals surface area contributed by atoms with Gasteiger partial charge in [0.2, 0.25) is 0 Å². The zero-order valence-corrected chi connectivity index (χ0v) is 6.81. The molecule has 0 aliphatic heterocycles. The summed E-state index contributed by atoms with van der Waals surface area (Å²) in [4.78, 5) is 0. The predicted octanol–water partition coefficient (Wildman–Crippen LogP) is 3.41. The molecule has 0 spiro atoms. The molecule has 15 heavy (non-hydrogen) atoms. The highest BCUT2D eigenvalue weighted by Crippen LogP contribution is 2.48. The van der Waals surface area contributed by atoms with E-state index >= 15 is 0 Å². The van der Waals surface area contributed by atoms with Crippen LogP contribution in [0.2, 0.25) is 0 Å². The number of hydrogen-bond donors (Lipinski definition) is 0. The summed E-state index contributed by atoms with van der Waals surface area (Å²) in [6, 6.07) is 0. The summed E-state index contributed by atoms with van der Waals surface area (Å²) in [5.41, 5.74) is 0. The third-order valence-corrected chi connectivity index (χ3v) is 1.03. The van der Waals surface area contributed by atoms with Gasteiger partial charge in [-0.05, 0) is 0 Å². The molecule has 0 atom stereocenters. The van der Waals surface area contributed by atoms with Crippen LogP contribution in [0.3, 0.4) is 0 Å². The Labute approximate surface area is 76.8 Å². The molecule has 92 valence electrons. The van der Waals surface area contributed by atoms with Crippen molar-refractivity contribution in [1.29, 1.82) is 0 Å². The van der Waals surface area contributed by atoms with Crippen molar-refractivity contribution in [3.63, 3.8) is 0 Å². The Kier molecular flexibility index (Phi) is 3.27. The molecular formula is C5H3F9O. The van der Waals surface area contributed by atoms with Gasteiger partial charge < -0.3 is 0 Å². The Morgan fingerprint density at radius 3 is 1.27 bits per heavy atom. The first-order valence-electron chi connectivity index (χ1n) is 3.11. The highest BCUT2D eigenvalue weighted by atomic mass is 19.4. The second-order valence-electron chi connectivity index (χ2n) is 2.50. The summed E-state index contributed by atoms with van der Waals surface area (Å²) in [6.07, 6.45) is -17.9. The van der Waals surface area contributed by atoms with Crippen molar-refractivity contribution in [2.75, 3.05) is 0 Å². The highest BCUT2D eigenvalue weighted by molar-refractivity contribution is 4.85. The zero-order chi connectivity index (χ0) is 12.7. The van der Waals surface area contributed by atoms with Crippen LogP contribution in [-0.4, -0.2) is 24.3 Å². The predicted molar refractivity (Wildman–Crippen MR) is 27.7 cm³/mol. The molecule has 0 aliphatic carbocycles. The molecule has 0 fully saturated rings. The monoisotopic (exact) mass is 250 g/mol. The molecule has 0 N–H and O–H groups in total. The van der Waals surface area contributed by atoms with E-state index in [-0.39, 0.29) is 0 Å². The molecule has 0 saturated heterocycles. The lowest BCUT2D eigenvalue weighted by atomic mass is 10.3. The standard InChI is InChI=1S/C5H3F9O/c1-2(6,7)15-5(13,14)3(8,9)4(10,11)12/h1H3. The van der Waals surface area contributed by atoms with Crippen LogP contribution in [0.4, 0.5) is 39.5 Å². The fourth-order valence-corrected chi connectivity index (χ4v) is 0.454. The average Bonchev–Trinajstić information content (AvgIpc) is 1.77.